The maximum Gasteiger partial charge on any atom is 0.480 e. The zero-order chi connectivity index (χ0) is 43.7. The fourth-order valence-corrected chi connectivity index (χ4v) is 6.93. The summed E-state index contributed by atoms with van der Waals surface area (Å²) < 4.78 is 84.9. The summed E-state index contributed by atoms with van der Waals surface area (Å²) in [5.41, 5.74) is -5.59. The van der Waals surface area contributed by atoms with Gasteiger partial charge in [0.2, 0.25) is 13.6 Å². The van der Waals surface area contributed by atoms with Crippen molar-refractivity contribution in [3.05, 3.63) is 69.0 Å². The first-order chi connectivity index (χ1) is 27.8. The molecule has 0 saturated carbocycles. The smallest absolute Gasteiger partial charge is 0.442 e. The molecule has 0 bridgehead atoms. The summed E-state index contributed by atoms with van der Waals surface area (Å²) in [6, 6.07) is 8.39. The van der Waals surface area contributed by atoms with Crippen LogP contribution in [0.15, 0.2) is 52.2 Å². The van der Waals surface area contributed by atoms with Crippen molar-refractivity contribution in [1.82, 2.24) is 14.5 Å². The summed E-state index contributed by atoms with van der Waals surface area (Å²) in [4.78, 5) is 76.9. The maximum absolute atomic E-state index is 15.4. The van der Waals surface area contributed by atoms with Gasteiger partial charge in [-0.2, -0.15) is 0 Å². The van der Waals surface area contributed by atoms with Crippen LogP contribution in [0.2, 0.25) is 0 Å². The first-order valence-corrected chi connectivity index (χ1v) is 20.0. The van der Waals surface area contributed by atoms with Gasteiger partial charge in [0.1, 0.15) is 24.4 Å². The highest BCUT2D eigenvalue weighted by Gasteiger charge is 2.70. The zero-order valence-corrected chi connectivity index (χ0v) is 34.9. The number of benzene rings is 1. The number of nitrogens with zero attached hydrogens (tertiary/aromatic N) is 2. The summed E-state index contributed by atoms with van der Waals surface area (Å²) >= 11 is 0. The number of carbonyl (C=O) groups is 4. The lowest BCUT2D eigenvalue weighted by atomic mass is 9.88. The molecule has 2 saturated heterocycles. The first-order valence-electron chi connectivity index (χ1n) is 18.6. The van der Waals surface area contributed by atoms with Crippen molar-refractivity contribution in [2.24, 2.45) is 17.8 Å². The molecule has 1 aromatic carbocycles. The molecule has 6 atom stereocenters. The van der Waals surface area contributed by atoms with E-state index in [4.69, 9.17) is 46.7 Å². The van der Waals surface area contributed by atoms with E-state index in [0.717, 1.165) is 16.8 Å². The number of hydrogen-bond acceptors (Lipinski definition) is 18. The largest absolute Gasteiger partial charge is 0.480 e. The van der Waals surface area contributed by atoms with Gasteiger partial charge >= 0.3 is 31.4 Å². The second-order valence-electron chi connectivity index (χ2n) is 14.7. The van der Waals surface area contributed by atoms with E-state index in [0.29, 0.717) is 10.1 Å². The number of carbonyl (C=O) groups excluding carboxylic acids is 4. The fraction of sp³-hybridized carbons (Fsp3) is 0.622. The van der Waals surface area contributed by atoms with E-state index in [9.17, 15) is 33.3 Å². The lowest BCUT2D eigenvalue weighted by Gasteiger charge is -2.31. The summed E-state index contributed by atoms with van der Waals surface area (Å²) in [6.07, 6.45) is -2.05. The number of hydrogen-bond donors (Lipinski definition) is 1. The fourth-order valence-electron chi connectivity index (χ4n) is 5.96. The summed E-state index contributed by atoms with van der Waals surface area (Å²) in [5, 5.41) is 2.87. The van der Waals surface area contributed by atoms with Crippen LogP contribution in [0, 0.1) is 17.8 Å². The molecule has 2 aliphatic heterocycles. The zero-order valence-electron chi connectivity index (χ0n) is 34.0. The topological polar surface area (TPSA) is 234 Å². The number of phosphoric acid groups is 1. The van der Waals surface area contributed by atoms with Crippen LogP contribution >= 0.6 is 7.82 Å². The Hall–Kier alpha value is -4.18. The van der Waals surface area contributed by atoms with Crippen molar-refractivity contribution in [3.8, 4) is 0 Å². The van der Waals surface area contributed by atoms with Crippen molar-refractivity contribution in [1.29, 1.82) is 0 Å². The lowest BCUT2D eigenvalue weighted by molar-refractivity contribution is -0.282. The molecular formula is C37H51FN3O17P. The molecule has 328 valence electrons. The first kappa shape index (κ1) is 47.5. The van der Waals surface area contributed by atoms with Gasteiger partial charge in [-0.05, 0) is 12.8 Å². The molecule has 20 nitrogen and oxygen atoms in total. The van der Waals surface area contributed by atoms with Gasteiger partial charge in [0.05, 0.1) is 25.0 Å². The second kappa shape index (κ2) is 20.4. The molecule has 22 heteroatoms. The number of methoxy groups -OCH3 is 1. The van der Waals surface area contributed by atoms with Crippen molar-refractivity contribution in [2.45, 2.75) is 91.2 Å². The van der Waals surface area contributed by atoms with Crippen LogP contribution in [0.1, 0.15) is 65.1 Å². The Morgan fingerprint density at radius 2 is 1.49 bits per heavy atom. The summed E-state index contributed by atoms with van der Waals surface area (Å²) in [7, 11) is -3.65. The van der Waals surface area contributed by atoms with Crippen LogP contribution in [0.5, 0.6) is 0 Å². The standard InChI is InChI=1S/C37H51FN3O17P/c1-22(2)28(39-16-26(42)25-12-10-9-11-13-25)31(46)50-19-41-27(43)14-15-40(34(41)47)33-36(7)32(56-35(49-8)58-36)37(17-38,57-33)18-53-59(48,54-20-51-29(44)23(3)4)55-21-52-30(45)24(5)6/h9-15,22-24,28,32-33,35,39H,16-21H2,1-8H3/t28?,32-,33+,35?,36+,37+/m0/s1. The van der Waals surface area contributed by atoms with Gasteiger partial charge in [0.25, 0.3) is 12.0 Å². The Labute approximate surface area is 339 Å². The second-order valence-corrected chi connectivity index (χ2v) is 16.4. The Kier molecular flexibility index (Phi) is 16.4. The molecule has 0 spiro atoms. The van der Waals surface area contributed by atoms with Crippen molar-refractivity contribution in [3.63, 3.8) is 0 Å². The Morgan fingerprint density at radius 1 is 0.881 bits per heavy atom. The molecule has 1 N–H and O–H groups in total. The third-order valence-corrected chi connectivity index (χ3v) is 10.6. The van der Waals surface area contributed by atoms with Crippen LogP contribution in [0.25, 0.3) is 0 Å². The van der Waals surface area contributed by atoms with E-state index in [-0.39, 0.29) is 18.2 Å². The molecule has 59 heavy (non-hydrogen) atoms. The number of rotatable bonds is 22. The highest BCUT2D eigenvalue weighted by molar-refractivity contribution is 7.48. The molecule has 2 unspecified atom stereocenters. The van der Waals surface area contributed by atoms with Crippen molar-refractivity contribution in [2.75, 3.05) is 40.5 Å². The average molecular weight is 860 g/mol. The number of fused-ring (bicyclic) bond motifs is 1. The normalized spacial score (nSPS) is 23.4. The van der Waals surface area contributed by atoms with E-state index in [1.165, 1.54) is 41.7 Å². The number of aromatic nitrogens is 2. The predicted molar refractivity (Wildman–Crippen MR) is 200 cm³/mol. The number of esters is 3. The van der Waals surface area contributed by atoms with Crippen LogP contribution in [-0.2, 0) is 72.4 Å². The average Bonchev–Trinajstić information content (AvgIpc) is 3.67. The molecule has 3 heterocycles. The van der Waals surface area contributed by atoms with E-state index < -0.39 is 118 Å². The quantitative estimate of drug-likeness (QED) is 0.0589. The summed E-state index contributed by atoms with van der Waals surface area (Å²) in [5.74, 6) is -4.14. The monoisotopic (exact) mass is 859 g/mol. The minimum atomic E-state index is -4.87. The summed E-state index contributed by atoms with van der Waals surface area (Å²) in [6.45, 7) is 4.17. The molecule has 0 radical (unpaired) electrons. The van der Waals surface area contributed by atoms with Crippen LogP contribution in [-0.4, -0.2) is 103 Å². The van der Waals surface area contributed by atoms with Crippen molar-refractivity contribution >= 4 is 31.5 Å². The molecule has 1 aromatic heterocycles. The number of ketones is 1. The van der Waals surface area contributed by atoms with Crippen LogP contribution in [0.3, 0.4) is 0 Å². The van der Waals surface area contributed by atoms with Crippen LogP contribution < -0.4 is 16.6 Å². The van der Waals surface area contributed by atoms with E-state index in [1.807, 2.05) is 0 Å². The van der Waals surface area contributed by atoms with E-state index in [1.54, 1.807) is 44.2 Å². The number of Topliss-reactive ketones (excluding diaryl/α,β-unsaturated/α-hetero) is 1. The molecule has 2 aromatic rings. The van der Waals surface area contributed by atoms with Crippen molar-refractivity contribution < 1.29 is 74.9 Å². The minimum absolute atomic E-state index is 0.200. The number of halogens is 1. The van der Waals surface area contributed by atoms with Gasteiger partial charge in [-0.25, -0.2) is 27.4 Å². The molecule has 0 aliphatic carbocycles. The Morgan fingerprint density at radius 3 is 2.03 bits per heavy atom. The SMILES string of the molecule is COC1O[C@@H]2[C@@](CF)(COP(=O)(OCOC(=O)C(C)C)OCOC(=O)C(C)C)O[C@@H](n3ccc(=O)n(COC(=O)C(NCC(=O)c4ccccc4)C(C)C)c3=O)[C@]2(C)O1. The maximum atomic E-state index is 15.4. The number of alkyl halides is 1. The predicted octanol–water partition coefficient (Wildman–Crippen LogP) is 2.82. The van der Waals surface area contributed by atoms with Gasteiger partial charge in [-0.1, -0.05) is 71.9 Å². The van der Waals surface area contributed by atoms with Crippen LogP contribution in [0.4, 0.5) is 4.39 Å². The third-order valence-electron chi connectivity index (χ3n) is 9.27. The molecule has 2 fully saturated rings. The van der Waals surface area contributed by atoms with E-state index in [2.05, 4.69) is 5.32 Å². The highest BCUT2D eigenvalue weighted by atomic mass is 31.2. The molecule has 2 aliphatic rings. The van der Waals surface area contributed by atoms with E-state index >= 15 is 4.39 Å². The number of phosphoric ester groups is 1. The lowest BCUT2D eigenvalue weighted by Crippen LogP contribution is -2.52. The van der Waals surface area contributed by atoms with Gasteiger partial charge in [-0.15, -0.1) is 0 Å². The number of ether oxygens (including phenoxy) is 7. The molecule has 0 amide bonds. The van der Waals surface area contributed by atoms with Gasteiger partial charge in [0, 0.05) is 24.9 Å². The van der Waals surface area contributed by atoms with Gasteiger partial charge in [0.15, 0.2) is 24.3 Å². The number of nitrogens with one attached hydrogen (secondary N) is 1. The third kappa shape index (κ3) is 11.4. The molecular weight excluding hydrogens is 808 g/mol. The molecule has 4 rings (SSSR count). The van der Waals surface area contributed by atoms with Gasteiger partial charge < -0.3 is 33.2 Å². The Balaban J connectivity index is 1.58. The minimum Gasteiger partial charge on any atom is -0.442 e. The highest BCUT2D eigenvalue weighted by Crippen LogP contribution is 2.56. The Bertz CT molecular complexity index is 1930. The van der Waals surface area contributed by atoms with Gasteiger partial charge in [-0.3, -0.25) is 38.4 Å².